The largest absolute Gasteiger partial charge is 0.463 e. The summed E-state index contributed by atoms with van der Waals surface area (Å²) in [5.74, 6) is -0.335. The van der Waals surface area contributed by atoms with Crippen molar-refractivity contribution in [3.05, 3.63) is 11.8 Å². The topological polar surface area (TPSA) is 52.3 Å². The van der Waals surface area contributed by atoms with Gasteiger partial charge in [0.15, 0.2) is 0 Å². The molecule has 0 aliphatic rings. The molecule has 0 radical (unpaired) electrons. The van der Waals surface area contributed by atoms with Gasteiger partial charge in [-0.2, -0.15) is 0 Å². The highest BCUT2D eigenvalue weighted by molar-refractivity contribution is 5.72. The average Bonchev–Trinajstić information content (AvgIpc) is 2.02. The zero-order chi connectivity index (χ0) is 10.4. The molecule has 0 amide bonds. The minimum atomic E-state index is -0.181. The summed E-state index contributed by atoms with van der Waals surface area (Å²) in [6.07, 6.45) is 2.32. The summed E-state index contributed by atoms with van der Waals surface area (Å²) in [6.45, 7) is 7.35. The molecule has 2 N–H and O–H groups in total. The van der Waals surface area contributed by atoms with E-state index in [1.54, 1.807) is 6.08 Å². The predicted octanol–water partition coefficient (Wildman–Crippen LogP) is 1.83. The van der Waals surface area contributed by atoms with Gasteiger partial charge >= 0.3 is 5.97 Å². The normalized spacial score (nSPS) is 14.4. The fraction of sp³-hybridized carbons (Fsp3) is 0.700. The number of nitrogens with two attached hydrogens (primary N) is 1. The molecule has 0 unspecified atom stereocenters. The lowest BCUT2D eigenvalue weighted by molar-refractivity contribution is -0.151. The SMILES string of the molecule is C/C=C(\N)C[C@@H](C)C(=O)OC(C)C. The highest BCUT2D eigenvalue weighted by Gasteiger charge is 2.15. The van der Waals surface area contributed by atoms with Crippen LogP contribution >= 0.6 is 0 Å². The molecular formula is C10H19NO2. The number of esters is 1. The molecule has 0 fully saturated rings. The maximum Gasteiger partial charge on any atom is 0.309 e. The molecule has 13 heavy (non-hydrogen) atoms. The van der Waals surface area contributed by atoms with E-state index in [1.807, 2.05) is 27.7 Å². The minimum Gasteiger partial charge on any atom is -0.463 e. The molecule has 0 aromatic carbocycles. The van der Waals surface area contributed by atoms with Crippen LogP contribution in [0.5, 0.6) is 0 Å². The molecule has 0 aromatic heterocycles. The van der Waals surface area contributed by atoms with E-state index in [9.17, 15) is 4.79 Å². The van der Waals surface area contributed by atoms with Gasteiger partial charge in [-0.05, 0) is 27.2 Å². The number of carbonyl (C=O) groups is 1. The second-order valence-electron chi connectivity index (χ2n) is 3.45. The Kier molecular flexibility index (Phi) is 5.19. The zero-order valence-corrected chi connectivity index (χ0v) is 8.83. The standard InChI is InChI=1S/C10H19NO2/c1-5-9(11)6-8(4)10(12)13-7(2)3/h5,7-8H,6,11H2,1-4H3/b9-5-/t8-/m1/s1. The lowest BCUT2D eigenvalue weighted by Gasteiger charge is -2.13. The van der Waals surface area contributed by atoms with Crippen LogP contribution in [0.4, 0.5) is 0 Å². The Morgan fingerprint density at radius 1 is 1.46 bits per heavy atom. The van der Waals surface area contributed by atoms with Gasteiger partial charge in [0.25, 0.3) is 0 Å². The number of carbonyl (C=O) groups excluding carboxylic acids is 1. The van der Waals surface area contributed by atoms with Crippen LogP contribution < -0.4 is 5.73 Å². The molecular weight excluding hydrogens is 166 g/mol. The smallest absolute Gasteiger partial charge is 0.309 e. The molecule has 0 aliphatic heterocycles. The van der Waals surface area contributed by atoms with Crippen molar-refractivity contribution in [3.63, 3.8) is 0 Å². The Hall–Kier alpha value is -0.990. The lowest BCUT2D eigenvalue weighted by atomic mass is 10.1. The van der Waals surface area contributed by atoms with Gasteiger partial charge in [0.05, 0.1) is 12.0 Å². The van der Waals surface area contributed by atoms with E-state index in [2.05, 4.69) is 0 Å². The van der Waals surface area contributed by atoms with Crippen LogP contribution in [0, 0.1) is 5.92 Å². The molecule has 0 saturated carbocycles. The van der Waals surface area contributed by atoms with Crippen LogP contribution in [-0.2, 0) is 9.53 Å². The molecule has 3 nitrogen and oxygen atoms in total. The zero-order valence-electron chi connectivity index (χ0n) is 8.83. The van der Waals surface area contributed by atoms with Gasteiger partial charge in [0.1, 0.15) is 0 Å². The summed E-state index contributed by atoms with van der Waals surface area (Å²) in [5, 5.41) is 0. The number of allylic oxidation sites excluding steroid dienone is 2. The fourth-order valence-corrected chi connectivity index (χ4v) is 0.903. The van der Waals surface area contributed by atoms with Gasteiger partial charge < -0.3 is 10.5 Å². The molecule has 0 heterocycles. The number of rotatable bonds is 4. The lowest BCUT2D eigenvalue weighted by Crippen LogP contribution is -2.20. The minimum absolute atomic E-state index is 0.0539. The highest BCUT2D eigenvalue weighted by atomic mass is 16.5. The molecule has 0 spiro atoms. The van der Waals surface area contributed by atoms with Crippen molar-refractivity contribution in [2.45, 2.75) is 40.2 Å². The second kappa shape index (κ2) is 5.62. The van der Waals surface area contributed by atoms with Crippen LogP contribution in [0.1, 0.15) is 34.1 Å². The van der Waals surface area contributed by atoms with Gasteiger partial charge in [0.2, 0.25) is 0 Å². The Balaban J connectivity index is 3.97. The van der Waals surface area contributed by atoms with Crippen LogP contribution in [0.15, 0.2) is 11.8 Å². The first-order valence-electron chi connectivity index (χ1n) is 4.58. The van der Waals surface area contributed by atoms with Crippen molar-refractivity contribution in [3.8, 4) is 0 Å². The van der Waals surface area contributed by atoms with Crippen molar-refractivity contribution in [2.75, 3.05) is 0 Å². The van der Waals surface area contributed by atoms with E-state index in [0.717, 1.165) is 5.70 Å². The Morgan fingerprint density at radius 3 is 2.38 bits per heavy atom. The maximum atomic E-state index is 11.3. The second-order valence-corrected chi connectivity index (χ2v) is 3.45. The third-order valence-corrected chi connectivity index (χ3v) is 1.67. The maximum absolute atomic E-state index is 11.3. The average molecular weight is 185 g/mol. The van der Waals surface area contributed by atoms with Crippen molar-refractivity contribution >= 4 is 5.97 Å². The molecule has 76 valence electrons. The van der Waals surface area contributed by atoms with Gasteiger partial charge in [-0.25, -0.2) is 0 Å². The van der Waals surface area contributed by atoms with Crippen molar-refractivity contribution in [2.24, 2.45) is 11.7 Å². The molecule has 1 atom stereocenters. The van der Waals surface area contributed by atoms with Crippen molar-refractivity contribution in [1.29, 1.82) is 0 Å². The predicted molar refractivity (Wildman–Crippen MR) is 53.0 cm³/mol. The fourth-order valence-electron chi connectivity index (χ4n) is 0.903. The molecule has 0 aliphatic carbocycles. The van der Waals surface area contributed by atoms with Crippen molar-refractivity contribution < 1.29 is 9.53 Å². The summed E-state index contributed by atoms with van der Waals surface area (Å²) in [7, 11) is 0. The monoisotopic (exact) mass is 185 g/mol. The Bertz CT molecular complexity index is 197. The first-order chi connectivity index (χ1) is 5.97. The van der Waals surface area contributed by atoms with E-state index in [-0.39, 0.29) is 18.0 Å². The van der Waals surface area contributed by atoms with Gasteiger partial charge in [0, 0.05) is 5.70 Å². The number of hydrogen-bond donors (Lipinski definition) is 1. The quantitative estimate of drug-likeness (QED) is 0.680. The third kappa shape index (κ3) is 5.28. The van der Waals surface area contributed by atoms with Gasteiger partial charge in [-0.15, -0.1) is 0 Å². The van der Waals surface area contributed by atoms with E-state index in [4.69, 9.17) is 10.5 Å². The van der Waals surface area contributed by atoms with Crippen LogP contribution in [-0.4, -0.2) is 12.1 Å². The molecule has 0 bridgehead atoms. The summed E-state index contributed by atoms with van der Waals surface area (Å²) in [4.78, 5) is 11.3. The van der Waals surface area contributed by atoms with E-state index in [1.165, 1.54) is 0 Å². The van der Waals surface area contributed by atoms with Crippen molar-refractivity contribution in [1.82, 2.24) is 0 Å². The Labute approximate surface area is 79.9 Å². The first kappa shape index (κ1) is 12.0. The third-order valence-electron chi connectivity index (χ3n) is 1.67. The van der Waals surface area contributed by atoms with Crippen LogP contribution in [0.3, 0.4) is 0 Å². The first-order valence-corrected chi connectivity index (χ1v) is 4.58. The summed E-state index contributed by atoms with van der Waals surface area (Å²) in [5.41, 5.74) is 6.33. The molecule has 3 heteroatoms. The Morgan fingerprint density at radius 2 is 2.00 bits per heavy atom. The van der Waals surface area contributed by atoms with E-state index < -0.39 is 0 Å². The molecule has 0 aromatic rings. The highest BCUT2D eigenvalue weighted by Crippen LogP contribution is 2.10. The summed E-state index contributed by atoms with van der Waals surface area (Å²) >= 11 is 0. The van der Waals surface area contributed by atoms with Crippen LogP contribution in [0.2, 0.25) is 0 Å². The molecule has 0 rings (SSSR count). The number of hydrogen-bond acceptors (Lipinski definition) is 3. The van der Waals surface area contributed by atoms with E-state index in [0.29, 0.717) is 6.42 Å². The van der Waals surface area contributed by atoms with E-state index >= 15 is 0 Å². The summed E-state index contributed by atoms with van der Waals surface area (Å²) < 4.78 is 5.04. The van der Waals surface area contributed by atoms with Gasteiger partial charge in [-0.3, -0.25) is 4.79 Å². The van der Waals surface area contributed by atoms with Crippen LogP contribution in [0.25, 0.3) is 0 Å². The molecule has 0 saturated heterocycles. The van der Waals surface area contributed by atoms with Gasteiger partial charge in [-0.1, -0.05) is 13.0 Å². The number of ether oxygens (including phenoxy) is 1. The summed E-state index contributed by atoms with van der Waals surface area (Å²) in [6, 6.07) is 0.